The number of carbonyl (C=O) groups is 3. The van der Waals surface area contributed by atoms with Crippen LogP contribution in [0, 0.1) is 25.2 Å². The summed E-state index contributed by atoms with van der Waals surface area (Å²) in [7, 11) is 0. The summed E-state index contributed by atoms with van der Waals surface area (Å²) >= 11 is 1.29. The fraction of sp³-hybridized carbons (Fsp3) is 0.208. The summed E-state index contributed by atoms with van der Waals surface area (Å²) in [6.45, 7) is 5.37. The Morgan fingerprint density at radius 3 is 2.55 bits per heavy atom. The standard InChI is InChI=1S/C24H22N4O4S/c1-15-5-4-6-21(16(15)2)28(17(3)29)24-27-20(14-33-24)13-32-23(31)18-7-9-19(10-8-18)26-22(30)11-12-25/h4-10,14H,11,13H2,1-3H3,(H,26,30). The van der Waals surface area contributed by atoms with Crippen LogP contribution < -0.4 is 10.2 Å². The average molecular weight is 463 g/mol. The Kier molecular flexibility index (Phi) is 7.53. The number of rotatable bonds is 7. The number of esters is 1. The number of hydrogen-bond donors (Lipinski definition) is 1. The van der Waals surface area contributed by atoms with Gasteiger partial charge in [-0.05, 0) is 55.3 Å². The van der Waals surface area contributed by atoms with Gasteiger partial charge in [0.15, 0.2) is 5.13 Å². The van der Waals surface area contributed by atoms with Gasteiger partial charge in [0.05, 0.1) is 23.0 Å². The number of amides is 2. The molecule has 9 heteroatoms. The van der Waals surface area contributed by atoms with Crippen molar-refractivity contribution in [2.45, 2.75) is 33.8 Å². The average Bonchev–Trinajstić information content (AvgIpc) is 3.24. The minimum Gasteiger partial charge on any atom is -0.456 e. The summed E-state index contributed by atoms with van der Waals surface area (Å²) in [6.07, 6.45) is -0.246. The fourth-order valence-corrected chi connectivity index (χ4v) is 3.90. The Bertz CT molecular complexity index is 1230. The lowest BCUT2D eigenvalue weighted by Crippen LogP contribution is -2.23. The van der Waals surface area contributed by atoms with E-state index < -0.39 is 11.9 Å². The number of nitrogens with zero attached hydrogens (tertiary/aromatic N) is 3. The first-order valence-electron chi connectivity index (χ1n) is 10.1. The van der Waals surface area contributed by atoms with Crippen molar-refractivity contribution in [1.82, 2.24) is 4.98 Å². The number of thiazole rings is 1. The molecule has 3 aromatic rings. The van der Waals surface area contributed by atoms with E-state index in [1.807, 2.05) is 32.0 Å². The molecule has 0 spiro atoms. The highest BCUT2D eigenvalue weighted by Crippen LogP contribution is 2.32. The number of aromatic nitrogens is 1. The minimum absolute atomic E-state index is 0.0471. The van der Waals surface area contributed by atoms with Crippen LogP contribution in [0.1, 0.15) is 40.5 Å². The van der Waals surface area contributed by atoms with Crippen LogP contribution in [0.15, 0.2) is 47.8 Å². The number of benzene rings is 2. The molecule has 3 rings (SSSR count). The predicted molar refractivity (Wildman–Crippen MR) is 125 cm³/mol. The number of hydrogen-bond acceptors (Lipinski definition) is 7. The number of aryl methyl sites for hydroxylation is 1. The van der Waals surface area contributed by atoms with E-state index in [0.29, 0.717) is 22.1 Å². The van der Waals surface area contributed by atoms with Crippen molar-refractivity contribution >= 4 is 45.6 Å². The number of anilines is 3. The second kappa shape index (κ2) is 10.5. The summed E-state index contributed by atoms with van der Waals surface area (Å²) in [5, 5.41) is 13.3. The molecule has 0 aliphatic rings. The summed E-state index contributed by atoms with van der Waals surface area (Å²) in [4.78, 5) is 42.2. The Labute approximate surface area is 195 Å². The monoisotopic (exact) mass is 462 g/mol. The van der Waals surface area contributed by atoms with Crippen LogP contribution in [-0.2, 0) is 20.9 Å². The highest BCUT2D eigenvalue weighted by atomic mass is 32.1. The first kappa shape index (κ1) is 23.6. The summed E-state index contributed by atoms with van der Waals surface area (Å²) < 4.78 is 5.35. The van der Waals surface area contributed by atoms with E-state index in [2.05, 4.69) is 10.3 Å². The highest BCUT2D eigenvalue weighted by molar-refractivity contribution is 7.14. The van der Waals surface area contributed by atoms with Crippen molar-refractivity contribution in [3.8, 4) is 6.07 Å². The molecule has 168 valence electrons. The topological polar surface area (TPSA) is 112 Å². The lowest BCUT2D eigenvalue weighted by Gasteiger charge is -2.21. The summed E-state index contributed by atoms with van der Waals surface area (Å²) in [6, 6.07) is 13.7. The molecule has 1 heterocycles. The van der Waals surface area contributed by atoms with Gasteiger partial charge in [-0.3, -0.25) is 14.5 Å². The molecule has 0 aliphatic heterocycles. The molecule has 2 aromatic carbocycles. The number of nitriles is 1. The predicted octanol–water partition coefficient (Wildman–Crippen LogP) is 4.65. The zero-order chi connectivity index (χ0) is 24.0. The Balaban J connectivity index is 1.66. The van der Waals surface area contributed by atoms with E-state index in [0.717, 1.165) is 16.8 Å². The highest BCUT2D eigenvalue weighted by Gasteiger charge is 2.20. The van der Waals surface area contributed by atoms with Gasteiger partial charge in [-0.1, -0.05) is 12.1 Å². The molecule has 0 atom stereocenters. The van der Waals surface area contributed by atoms with Gasteiger partial charge in [0.25, 0.3) is 0 Å². The summed E-state index contributed by atoms with van der Waals surface area (Å²) in [5.74, 6) is -1.13. The van der Waals surface area contributed by atoms with Gasteiger partial charge in [0.1, 0.15) is 13.0 Å². The second-order valence-electron chi connectivity index (χ2n) is 7.23. The first-order valence-corrected chi connectivity index (χ1v) is 10.9. The third-order valence-electron chi connectivity index (χ3n) is 4.86. The van der Waals surface area contributed by atoms with E-state index in [9.17, 15) is 14.4 Å². The van der Waals surface area contributed by atoms with Crippen LogP contribution in [-0.4, -0.2) is 22.8 Å². The molecule has 2 amide bonds. The van der Waals surface area contributed by atoms with Gasteiger partial charge in [0, 0.05) is 18.0 Å². The molecular weight excluding hydrogens is 440 g/mol. The van der Waals surface area contributed by atoms with E-state index in [-0.39, 0.29) is 18.9 Å². The van der Waals surface area contributed by atoms with E-state index >= 15 is 0 Å². The smallest absolute Gasteiger partial charge is 0.338 e. The molecule has 0 unspecified atom stereocenters. The molecule has 0 aliphatic carbocycles. The molecule has 0 saturated carbocycles. The van der Waals surface area contributed by atoms with Crippen molar-refractivity contribution in [3.05, 3.63) is 70.2 Å². The van der Waals surface area contributed by atoms with Crippen LogP contribution in [0.25, 0.3) is 0 Å². The molecule has 1 aromatic heterocycles. The minimum atomic E-state index is -0.544. The molecule has 0 radical (unpaired) electrons. The zero-order valence-electron chi connectivity index (χ0n) is 18.4. The lowest BCUT2D eigenvalue weighted by molar-refractivity contribution is -0.116. The number of ether oxygens (including phenoxy) is 1. The van der Waals surface area contributed by atoms with Crippen molar-refractivity contribution in [1.29, 1.82) is 5.26 Å². The maximum atomic E-state index is 12.4. The second-order valence-corrected chi connectivity index (χ2v) is 8.07. The fourth-order valence-electron chi connectivity index (χ4n) is 3.04. The van der Waals surface area contributed by atoms with Crippen LogP contribution >= 0.6 is 11.3 Å². The maximum absolute atomic E-state index is 12.4. The maximum Gasteiger partial charge on any atom is 0.338 e. The van der Waals surface area contributed by atoms with Gasteiger partial charge in [-0.2, -0.15) is 5.26 Å². The van der Waals surface area contributed by atoms with E-state index in [4.69, 9.17) is 10.00 Å². The SMILES string of the molecule is CC(=O)N(c1nc(COC(=O)c2ccc(NC(=O)CC#N)cc2)cs1)c1cccc(C)c1C. The Morgan fingerprint density at radius 2 is 1.88 bits per heavy atom. The van der Waals surface area contributed by atoms with Crippen molar-refractivity contribution < 1.29 is 19.1 Å². The molecule has 0 bridgehead atoms. The van der Waals surface area contributed by atoms with Crippen LogP contribution in [0.3, 0.4) is 0 Å². The van der Waals surface area contributed by atoms with Crippen LogP contribution in [0.5, 0.6) is 0 Å². The molecule has 0 saturated heterocycles. The van der Waals surface area contributed by atoms with E-state index in [1.54, 1.807) is 28.5 Å². The van der Waals surface area contributed by atoms with Gasteiger partial charge in [-0.15, -0.1) is 11.3 Å². The lowest BCUT2D eigenvalue weighted by atomic mass is 10.1. The van der Waals surface area contributed by atoms with Crippen molar-refractivity contribution in [2.75, 3.05) is 10.2 Å². The van der Waals surface area contributed by atoms with Gasteiger partial charge >= 0.3 is 5.97 Å². The van der Waals surface area contributed by atoms with E-state index in [1.165, 1.54) is 30.4 Å². The Morgan fingerprint density at radius 1 is 1.15 bits per heavy atom. The van der Waals surface area contributed by atoms with Gasteiger partial charge in [-0.25, -0.2) is 9.78 Å². The third-order valence-corrected chi connectivity index (χ3v) is 5.73. The van der Waals surface area contributed by atoms with Crippen molar-refractivity contribution in [2.24, 2.45) is 0 Å². The molecule has 33 heavy (non-hydrogen) atoms. The van der Waals surface area contributed by atoms with Gasteiger partial charge < -0.3 is 10.1 Å². The third kappa shape index (κ3) is 5.81. The molecule has 1 N–H and O–H groups in total. The quantitative estimate of drug-likeness (QED) is 0.511. The molecule has 0 fully saturated rings. The van der Waals surface area contributed by atoms with Crippen molar-refractivity contribution in [3.63, 3.8) is 0 Å². The molecular formula is C24H22N4O4S. The normalized spacial score (nSPS) is 10.2. The summed E-state index contributed by atoms with van der Waals surface area (Å²) in [5.41, 5.74) is 4.14. The van der Waals surface area contributed by atoms with Crippen LogP contribution in [0.2, 0.25) is 0 Å². The number of nitrogens with one attached hydrogen (secondary N) is 1. The van der Waals surface area contributed by atoms with Gasteiger partial charge in [0.2, 0.25) is 11.8 Å². The first-order chi connectivity index (χ1) is 15.8. The van der Waals surface area contributed by atoms with Crippen LogP contribution in [0.4, 0.5) is 16.5 Å². The largest absolute Gasteiger partial charge is 0.456 e. The number of carbonyl (C=O) groups excluding carboxylic acids is 3. The zero-order valence-corrected chi connectivity index (χ0v) is 19.2. The molecule has 8 nitrogen and oxygen atoms in total. The Hall–Kier alpha value is -4.03.